The molecular formula is C24H44N2O8Si2. The first-order valence-corrected chi connectivity index (χ1v) is 18.1. The predicted molar refractivity (Wildman–Crippen MR) is 142 cm³/mol. The second-order valence-corrected chi connectivity index (χ2v) is 22.3. The van der Waals surface area contributed by atoms with Gasteiger partial charge in [0, 0.05) is 11.8 Å². The van der Waals surface area contributed by atoms with Gasteiger partial charge in [0.05, 0.1) is 6.61 Å². The molecule has 12 heteroatoms. The van der Waals surface area contributed by atoms with E-state index in [1.54, 1.807) is 0 Å². The Labute approximate surface area is 215 Å². The highest BCUT2D eigenvalue weighted by molar-refractivity contribution is 6.74. The molecule has 4 unspecified atom stereocenters. The first-order chi connectivity index (χ1) is 16.1. The van der Waals surface area contributed by atoms with E-state index in [0.29, 0.717) is 4.57 Å². The third-order valence-corrected chi connectivity index (χ3v) is 16.9. The van der Waals surface area contributed by atoms with Gasteiger partial charge in [-0.1, -0.05) is 41.5 Å². The molecule has 0 bridgehead atoms. The number of hydrogen-bond acceptors (Lipinski definition) is 7. The SMILES string of the molecule is Cc1cn(C2OC(CO[Si](C)(C)C(C)(C)C)C(O)C2O[Si](C)(C)C(C)(C)C)c(=O)n(CC(=O)O)c1=O. The van der Waals surface area contributed by atoms with Gasteiger partial charge in [0.25, 0.3) is 5.56 Å². The Bertz CT molecular complexity index is 1080. The number of carboxylic acids is 1. The molecule has 0 saturated carbocycles. The second-order valence-electron chi connectivity index (χ2n) is 12.8. The maximum atomic E-state index is 13.3. The quantitative estimate of drug-likeness (QED) is 0.478. The number of rotatable bonds is 8. The Balaban J connectivity index is 2.56. The molecule has 1 fully saturated rings. The number of aliphatic hydroxyl groups is 1. The van der Waals surface area contributed by atoms with Crippen molar-refractivity contribution in [2.24, 2.45) is 0 Å². The Morgan fingerprint density at radius 2 is 1.58 bits per heavy atom. The van der Waals surface area contributed by atoms with E-state index in [1.807, 2.05) is 13.1 Å². The van der Waals surface area contributed by atoms with Crippen LogP contribution in [0.4, 0.5) is 0 Å². The van der Waals surface area contributed by atoms with E-state index in [0.717, 1.165) is 0 Å². The molecule has 0 spiro atoms. The van der Waals surface area contributed by atoms with Gasteiger partial charge in [-0.3, -0.25) is 14.2 Å². The van der Waals surface area contributed by atoms with Crippen LogP contribution in [0.5, 0.6) is 0 Å². The van der Waals surface area contributed by atoms with E-state index in [4.69, 9.17) is 13.6 Å². The van der Waals surface area contributed by atoms with E-state index >= 15 is 0 Å². The van der Waals surface area contributed by atoms with Crippen molar-refractivity contribution in [1.82, 2.24) is 9.13 Å². The summed E-state index contributed by atoms with van der Waals surface area (Å²) in [6.45, 7) is 21.7. The van der Waals surface area contributed by atoms with Crippen LogP contribution in [0.2, 0.25) is 36.3 Å². The molecule has 10 nitrogen and oxygen atoms in total. The highest BCUT2D eigenvalue weighted by Gasteiger charge is 2.51. The van der Waals surface area contributed by atoms with E-state index in [9.17, 15) is 24.6 Å². The molecular weight excluding hydrogens is 500 g/mol. The molecule has 36 heavy (non-hydrogen) atoms. The standard InChI is InChI=1S/C24H44N2O8Si2/c1-15-12-26(22(31)25(20(15)30)13-17(27)28)21-19(34-36(10,11)24(5,6)7)18(29)16(33-21)14-32-35(8,9)23(2,3)4/h12,16,18-19,21,29H,13-14H2,1-11H3,(H,27,28). The van der Waals surface area contributed by atoms with Crippen molar-refractivity contribution in [2.45, 2.75) is 116 Å². The Hall–Kier alpha value is -1.58. The summed E-state index contributed by atoms with van der Waals surface area (Å²) in [5.41, 5.74) is -1.34. The number of aliphatic carboxylic acids is 1. The number of carboxylic acid groups (broad SMARTS) is 1. The molecule has 0 aromatic carbocycles. The van der Waals surface area contributed by atoms with Crippen molar-refractivity contribution in [3.8, 4) is 0 Å². The molecule has 1 aliphatic rings. The molecule has 1 saturated heterocycles. The molecule has 206 valence electrons. The van der Waals surface area contributed by atoms with Gasteiger partial charge in [-0.25, -0.2) is 9.36 Å². The van der Waals surface area contributed by atoms with Crippen LogP contribution in [-0.2, 0) is 24.9 Å². The minimum absolute atomic E-state index is 0.0482. The van der Waals surface area contributed by atoms with Gasteiger partial charge in [-0.2, -0.15) is 0 Å². The second kappa shape index (κ2) is 10.3. The first kappa shape index (κ1) is 30.6. The van der Waals surface area contributed by atoms with E-state index in [2.05, 4.69) is 54.6 Å². The summed E-state index contributed by atoms with van der Waals surface area (Å²) in [5.74, 6) is -1.31. The van der Waals surface area contributed by atoms with E-state index < -0.39 is 64.9 Å². The summed E-state index contributed by atoms with van der Waals surface area (Å²) in [6.07, 6.45) is -2.49. The highest BCUT2D eigenvalue weighted by Crippen LogP contribution is 2.42. The van der Waals surface area contributed by atoms with Gasteiger partial charge in [0.1, 0.15) is 24.9 Å². The Kier molecular flexibility index (Phi) is 8.76. The summed E-state index contributed by atoms with van der Waals surface area (Å²) in [6, 6.07) is 0. The fraction of sp³-hybridized carbons (Fsp3) is 0.792. The Morgan fingerprint density at radius 1 is 1.06 bits per heavy atom. The van der Waals surface area contributed by atoms with Gasteiger partial charge < -0.3 is 23.8 Å². The third kappa shape index (κ3) is 6.28. The lowest BCUT2D eigenvalue weighted by Crippen LogP contribution is -2.51. The highest BCUT2D eigenvalue weighted by atomic mass is 28.4. The first-order valence-electron chi connectivity index (χ1n) is 12.3. The molecule has 2 rings (SSSR count). The zero-order valence-corrected chi connectivity index (χ0v) is 25.5. The summed E-state index contributed by atoms with van der Waals surface area (Å²) in [5, 5.41) is 20.4. The average Bonchev–Trinajstić information content (AvgIpc) is 2.99. The van der Waals surface area contributed by atoms with Gasteiger partial charge >= 0.3 is 11.7 Å². The van der Waals surface area contributed by atoms with Crippen molar-refractivity contribution in [2.75, 3.05) is 6.61 Å². The van der Waals surface area contributed by atoms with Crippen LogP contribution in [0, 0.1) is 6.92 Å². The molecule has 0 amide bonds. The lowest BCUT2D eigenvalue weighted by atomic mass is 10.1. The number of aromatic nitrogens is 2. The number of aryl methyl sites for hydroxylation is 1. The maximum Gasteiger partial charge on any atom is 0.333 e. The molecule has 1 aliphatic heterocycles. The van der Waals surface area contributed by atoms with E-state index in [1.165, 1.54) is 17.7 Å². The number of ether oxygens (including phenoxy) is 1. The molecule has 1 aromatic rings. The van der Waals surface area contributed by atoms with E-state index in [-0.39, 0.29) is 22.2 Å². The number of aliphatic hydroxyl groups excluding tert-OH is 1. The van der Waals surface area contributed by atoms with Crippen molar-refractivity contribution in [1.29, 1.82) is 0 Å². The van der Waals surface area contributed by atoms with Crippen LogP contribution in [0.1, 0.15) is 53.3 Å². The number of nitrogens with zero attached hydrogens (tertiary/aromatic N) is 2. The Morgan fingerprint density at radius 3 is 2.06 bits per heavy atom. The molecule has 1 aromatic heterocycles. The van der Waals surface area contributed by atoms with Crippen molar-refractivity contribution < 1.29 is 28.6 Å². The van der Waals surface area contributed by atoms with Crippen LogP contribution in [0.3, 0.4) is 0 Å². The van der Waals surface area contributed by atoms with Gasteiger partial charge in [0.2, 0.25) is 0 Å². The molecule has 2 N–H and O–H groups in total. The van der Waals surface area contributed by atoms with Gasteiger partial charge in [-0.15, -0.1) is 0 Å². The van der Waals surface area contributed by atoms with Crippen LogP contribution >= 0.6 is 0 Å². The van der Waals surface area contributed by atoms with Crippen molar-refractivity contribution in [3.63, 3.8) is 0 Å². The summed E-state index contributed by atoms with van der Waals surface area (Å²) < 4.78 is 20.9. The molecule has 0 radical (unpaired) electrons. The zero-order valence-electron chi connectivity index (χ0n) is 23.5. The van der Waals surface area contributed by atoms with Crippen LogP contribution in [-0.4, -0.2) is 66.9 Å². The lowest BCUT2D eigenvalue weighted by molar-refractivity contribution is -0.137. The monoisotopic (exact) mass is 544 g/mol. The normalized spacial score (nSPS) is 23.8. The largest absolute Gasteiger partial charge is 0.480 e. The minimum Gasteiger partial charge on any atom is -0.480 e. The van der Waals surface area contributed by atoms with Gasteiger partial charge in [0.15, 0.2) is 22.9 Å². The predicted octanol–water partition coefficient (Wildman–Crippen LogP) is 3.07. The number of carbonyl (C=O) groups is 1. The number of hydrogen-bond donors (Lipinski definition) is 2. The van der Waals surface area contributed by atoms with Crippen molar-refractivity contribution in [3.05, 3.63) is 32.6 Å². The lowest BCUT2D eigenvalue weighted by Gasteiger charge is -2.40. The average molecular weight is 545 g/mol. The maximum absolute atomic E-state index is 13.3. The molecule has 0 aliphatic carbocycles. The summed E-state index contributed by atoms with van der Waals surface area (Å²) in [4.78, 5) is 37.1. The van der Waals surface area contributed by atoms with Crippen molar-refractivity contribution >= 4 is 22.6 Å². The fourth-order valence-electron chi connectivity index (χ4n) is 3.45. The summed E-state index contributed by atoms with van der Waals surface area (Å²) >= 11 is 0. The molecule has 2 heterocycles. The minimum atomic E-state index is -2.44. The van der Waals surface area contributed by atoms with Crippen LogP contribution < -0.4 is 11.2 Å². The topological polar surface area (TPSA) is 129 Å². The molecule has 4 atom stereocenters. The summed E-state index contributed by atoms with van der Waals surface area (Å²) in [7, 11) is -4.60. The van der Waals surface area contributed by atoms with Crippen LogP contribution in [0.15, 0.2) is 15.8 Å². The van der Waals surface area contributed by atoms with Crippen LogP contribution in [0.25, 0.3) is 0 Å². The van der Waals surface area contributed by atoms with Gasteiger partial charge in [-0.05, 0) is 43.2 Å². The fourth-order valence-corrected chi connectivity index (χ4v) is 5.75. The smallest absolute Gasteiger partial charge is 0.333 e. The third-order valence-electron chi connectivity index (χ3n) is 7.90. The zero-order chi connectivity index (χ0) is 28.0.